The maximum Gasteiger partial charge on any atom is 0.261 e. The molecule has 4 aromatic rings. The molecule has 0 saturated carbocycles. The van der Waals surface area contributed by atoms with Gasteiger partial charge in [-0.15, -0.1) is 0 Å². The average Bonchev–Trinajstić information content (AvgIpc) is 3.53. The third kappa shape index (κ3) is 3.32. The molecule has 2 aromatic heterocycles. The number of piperidine rings is 1. The van der Waals surface area contributed by atoms with Crippen molar-refractivity contribution < 1.29 is 19.8 Å². The number of H-pyrrole nitrogens is 1. The van der Waals surface area contributed by atoms with E-state index in [1.807, 2.05) is 59.3 Å². The van der Waals surface area contributed by atoms with E-state index in [2.05, 4.69) is 10.3 Å². The van der Waals surface area contributed by atoms with Gasteiger partial charge in [0.25, 0.3) is 11.8 Å². The molecule has 2 aliphatic heterocycles. The Morgan fingerprint density at radius 1 is 0.944 bits per heavy atom. The lowest BCUT2D eigenvalue weighted by Crippen LogP contribution is -2.63. The molecule has 2 aromatic carbocycles. The summed E-state index contributed by atoms with van der Waals surface area (Å²) >= 11 is 0. The van der Waals surface area contributed by atoms with E-state index >= 15 is 0 Å². The quantitative estimate of drug-likeness (QED) is 0.274. The molecule has 2 amide bonds. The van der Waals surface area contributed by atoms with E-state index in [1.54, 1.807) is 6.20 Å². The number of benzene rings is 2. The maximum atomic E-state index is 13.5. The smallest absolute Gasteiger partial charge is 0.261 e. The number of likely N-dealkylation sites (N-methyl/N-ethyl adjacent to an activating group) is 1. The third-order valence-corrected chi connectivity index (χ3v) is 7.41. The number of para-hydroxylation sites is 2. The van der Waals surface area contributed by atoms with Crippen LogP contribution < -0.4 is 11.1 Å². The lowest BCUT2D eigenvalue weighted by molar-refractivity contribution is -0.134. The van der Waals surface area contributed by atoms with Crippen LogP contribution in [0.3, 0.4) is 0 Å². The van der Waals surface area contributed by atoms with Crippen LogP contribution in [0.4, 0.5) is 0 Å². The van der Waals surface area contributed by atoms with Crippen molar-refractivity contribution in [1.29, 1.82) is 0 Å². The molecule has 0 unspecified atom stereocenters. The first kappa shape index (κ1) is 22.7. The van der Waals surface area contributed by atoms with Gasteiger partial charge in [0.05, 0.1) is 29.4 Å². The van der Waals surface area contributed by atoms with E-state index in [0.29, 0.717) is 35.4 Å². The van der Waals surface area contributed by atoms with Crippen LogP contribution >= 0.6 is 0 Å². The average molecular weight is 486 g/mol. The van der Waals surface area contributed by atoms with Crippen LogP contribution in [-0.2, 0) is 16.1 Å². The Kier molecular flexibility index (Phi) is 5.31. The van der Waals surface area contributed by atoms with Crippen molar-refractivity contribution in [2.75, 3.05) is 13.6 Å². The van der Waals surface area contributed by atoms with Crippen molar-refractivity contribution in [3.63, 3.8) is 0 Å². The Morgan fingerprint density at radius 3 is 2.39 bits per heavy atom. The first-order chi connectivity index (χ1) is 17.4. The fourth-order valence-corrected chi connectivity index (χ4v) is 5.42. The number of aliphatic hydroxyl groups is 2. The van der Waals surface area contributed by atoms with Gasteiger partial charge in [-0.3, -0.25) is 14.5 Å². The Bertz CT molecular complexity index is 1550. The molecule has 6 N–H and O–H groups in total. The molecule has 1 saturated heterocycles. The van der Waals surface area contributed by atoms with Crippen LogP contribution in [0.15, 0.2) is 60.9 Å². The van der Waals surface area contributed by atoms with Gasteiger partial charge in [0.2, 0.25) is 0 Å². The minimum Gasteiger partial charge on any atom is -0.389 e. The number of hydrogen-bond acceptors (Lipinski definition) is 6. The van der Waals surface area contributed by atoms with Crippen LogP contribution in [0.1, 0.15) is 11.1 Å². The fourth-order valence-electron chi connectivity index (χ4n) is 5.42. The van der Waals surface area contributed by atoms with Crippen molar-refractivity contribution in [3.8, 4) is 0 Å². The maximum absolute atomic E-state index is 13.5. The monoisotopic (exact) mass is 485 g/mol. The number of aromatic amines is 1. The van der Waals surface area contributed by atoms with Crippen molar-refractivity contribution >= 4 is 44.8 Å². The summed E-state index contributed by atoms with van der Waals surface area (Å²) in [6.45, 7) is 0.724. The van der Waals surface area contributed by atoms with Gasteiger partial charge in [0, 0.05) is 71.5 Å². The molecule has 0 radical (unpaired) electrons. The van der Waals surface area contributed by atoms with Gasteiger partial charge in [-0.1, -0.05) is 36.4 Å². The highest BCUT2D eigenvalue weighted by molar-refractivity contribution is 6.50. The minimum atomic E-state index is -1.04. The number of rotatable bonds is 4. The standard InChI is InChI=1S/C27H27N5O4/c1-31-26(35)22(16-10-29-19-8-4-2-6-14(16)19)23(27(31)36)17-12-32(21-9-5-3-7-15(17)21)13-20-25(34)24(33)18(28)11-30-20/h2-10,12,18,20,24-25,29-30,33-34H,11,13,28H2,1H3/t18-,20-,24+,25+/m0/s1. The van der Waals surface area contributed by atoms with Crippen LogP contribution in [0.2, 0.25) is 0 Å². The molecule has 1 fully saturated rings. The molecule has 0 spiro atoms. The van der Waals surface area contributed by atoms with Crippen molar-refractivity contribution in [3.05, 3.63) is 72.1 Å². The summed E-state index contributed by atoms with van der Waals surface area (Å²) in [4.78, 5) is 31.2. The second-order valence-corrected chi connectivity index (χ2v) is 9.54. The molecule has 9 heteroatoms. The number of aromatic nitrogens is 2. The van der Waals surface area contributed by atoms with Crippen LogP contribution in [-0.4, -0.2) is 74.4 Å². The summed E-state index contributed by atoms with van der Waals surface area (Å²) in [6.07, 6.45) is 1.56. The highest BCUT2D eigenvalue weighted by Crippen LogP contribution is 2.40. The second kappa shape index (κ2) is 8.42. The van der Waals surface area contributed by atoms with Gasteiger partial charge >= 0.3 is 0 Å². The number of imide groups is 1. The van der Waals surface area contributed by atoms with Gasteiger partial charge < -0.3 is 30.8 Å². The summed E-state index contributed by atoms with van der Waals surface area (Å²) in [5, 5.41) is 25.8. The Morgan fingerprint density at radius 2 is 1.61 bits per heavy atom. The Labute approximate surface area is 206 Å². The van der Waals surface area contributed by atoms with E-state index < -0.39 is 24.3 Å². The number of amides is 2. The summed E-state index contributed by atoms with van der Waals surface area (Å²) < 4.78 is 1.95. The van der Waals surface area contributed by atoms with E-state index in [1.165, 1.54) is 7.05 Å². The lowest BCUT2D eigenvalue weighted by Gasteiger charge is -2.37. The van der Waals surface area contributed by atoms with Crippen molar-refractivity contribution in [2.45, 2.75) is 30.8 Å². The molecule has 0 aliphatic carbocycles. The normalized spacial score (nSPS) is 25.1. The largest absolute Gasteiger partial charge is 0.389 e. The molecule has 4 heterocycles. The first-order valence-corrected chi connectivity index (χ1v) is 11.9. The van der Waals surface area contributed by atoms with Gasteiger partial charge in [-0.05, 0) is 12.1 Å². The first-order valence-electron chi connectivity index (χ1n) is 11.9. The Hall–Kier alpha value is -3.76. The van der Waals surface area contributed by atoms with E-state index in [0.717, 1.165) is 26.7 Å². The van der Waals surface area contributed by atoms with E-state index in [4.69, 9.17) is 5.73 Å². The molecule has 4 atom stereocenters. The number of nitrogens with one attached hydrogen (secondary N) is 2. The number of nitrogens with two attached hydrogens (primary N) is 1. The van der Waals surface area contributed by atoms with Crippen LogP contribution in [0.25, 0.3) is 33.0 Å². The second-order valence-electron chi connectivity index (χ2n) is 9.54. The molecule has 6 rings (SSSR count). The molecular formula is C27H27N5O4. The highest BCUT2D eigenvalue weighted by Gasteiger charge is 2.40. The van der Waals surface area contributed by atoms with Gasteiger partial charge in [-0.25, -0.2) is 0 Å². The predicted molar refractivity (Wildman–Crippen MR) is 137 cm³/mol. The number of carbonyl (C=O) groups is 2. The number of nitrogens with zero attached hydrogens (tertiary/aromatic N) is 2. The minimum absolute atomic E-state index is 0.346. The molecule has 2 aliphatic rings. The van der Waals surface area contributed by atoms with E-state index in [9.17, 15) is 19.8 Å². The van der Waals surface area contributed by atoms with Gasteiger partial charge in [-0.2, -0.15) is 0 Å². The van der Waals surface area contributed by atoms with E-state index in [-0.39, 0.29) is 11.8 Å². The zero-order chi connectivity index (χ0) is 25.1. The lowest BCUT2D eigenvalue weighted by atomic mass is 9.95. The summed E-state index contributed by atoms with van der Waals surface area (Å²) in [7, 11) is 1.50. The summed E-state index contributed by atoms with van der Waals surface area (Å²) in [5.74, 6) is -0.710. The topological polar surface area (TPSA) is 137 Å². The zero-order valence-corrected chi connectivity index (χ0v) is 19.7. The predicted octanol–water partition coefficient (Wildman–Crippen LogP) is 1.05. The molecular weight excluding hydrogens is 458 g/mol. The molecule has 0 bridgehead atoms. The van der Waals surface area contributed by atoms with Crippen LogP contribution in [0.5, 0.6) is 0 Å². The third-order valence-electron chi connectivity index (χ3n) is 7.41. The summed E-state index contributed by atoms with van der Waals surface area (Å²) in [5.41, 5.74) is 9.66. The highest BCUT2D eigenvalue weighted by atomic mass is 16.3. The number of fused-ring (bicyclic) bond motifs is 2. The number of aliphatic hydroxyl groups excluding tert-OH is 2. The SMILES string of the molecule is CN1C(=O)C(c2c[nH]c3ccccc23)=C(c2cn(C[C@@H]3NC[C@H](N)[C@@H](O)[C@@H]3O)c3ccccc23)C1=O. The Balaban J connectivity index is 1.52. The zero-order valence-electron chi connectivity index (χ0n) is 19.7. The fraction of sp³-hybridized carbons (Fsp3) is 0.259. The number of carbonyl (C=O) groups excluding carboxylic acids is 2. The van der Waals surface area contributed by atoms with Crippen LogP contribution in [0, 0.1) is 0 Å². The molecule has 9 nitrogen and oxygen atoms in total. The number of hydrogen-bond donors (Lipinski definition) is 5. The van der Waals surface area contributed by atoms with Gasteiger partial charge in [0.15, 0.2) is 0 Å². The van der Waals surface area contributed by atoms with Crippen molar-refractivity contribution in [2.24, 2.45) is 5.73 Å². The summed E-state index contributed by atoms with van der Waals surface area (Å²) in [6, 6.07) is 14.3. The molecule has 36 heavy (non-hydrogen) atoms. The van der Waals surface area contributed by atoms with Crippen molar-refractivity contribution in [1.82, 2.24) is 19.8 Å². The van der Waals surface area contributed by atoms with Gasteiger partial charge in [0.1, 0.15) is 0 Å². The molecule has 184 valence electrons.